The van der Waals surface area contributed by atoms with Crippen molar-refractivity contribution in [2.45, 2.75) is 38.3 Å². The predicted molar refractivity (Wildman–Crippen MR) is 87.6 cm³/mol. The first-order valence-corrected chi connectivity index (χ1v) is 8.91. The van der Waals surface area contributed by atoms with E-state index in [0.717, 1.165) is 30.8 Å². The molecule has 2 aromatic rings. The molecule has 2 bridgehead atoms. The van der Waals surface area contributed by atoms with E-state index in [1.165, 1.54) is 12.1 Å². The number of amides is 1. The van der Waals surface area contributed by atoms with E-state index in [9.17, 15) is 9.18 Å². The molecule has 1 aromatic carbocycles. The van der Waals surface area contributed by atoms with Gasteiger partial charge in [-0.15, -0.1) is 5.10 Å². The van der Waals surface area contributed by atoms with Crippen molar-refractivity contribution in [3.8, 4) is 5.75 Å². The predicted octanol–water partition coefficient (Wildman–Crippen LogP) is 3.06. The summed E-state index contributed by atoms with van der Waals surface area (Å²) in [6.45, 7) is 2.25. The van der Waals surface area contributed by atoms with Crippen LogP contribution in [0.5, 0.6) is 5.75 Å². The molecule has 126 valence electrons. The van der Waals surface area contributed by atoms with Gasteiger partial charge in [0.15, 0.2) is 0 Å². The monoisotopic (exact) mass is 347 g/mol. The normalized spacial score (nSPS) is 25.2. The van der Waals surface area contributed by atoms with E-state index < -0.39 is 0 Å². The van der Waals surface area contributed by atoms with Crippen molar-refractivity contribution in [3.05, 3.63) is 40.7 Å². The Bertz CT molecular complexity index is 749. The maximum atomic E-state index is 13.0. The highest BCUT2D eigenvalue weighted by atomic mass is 32.1. The van der Waals surface area contributed by atoms with E-state index in [4.69, 9.17) is 4.74 Å². The fourth-order valence-electron chi connectivity index (χ4n) is 3.88. The van der Waals surface area contributed by atoms with E-state index in [1.807, 2.05) is 11.8 Å². The molecular weight excluding hydrogens is 329 g/mol. The molecule has 1 amide bonds. The second kappa shape index (κ2) is 6.12. The summed E-state index contributed by atoms with van der Waals surface area (Å²) in [7, 11) is 0. The average molecular weight is 347 g/mol. The van der Waals surface area contributed by atoms with Crippen LogP contribution in [0.1, 0.15) is 34.6 Å². The molecule has 0 radical (unpaired) electrons. The Balaban J connectivity index is 1.51. The summed E-state index contributed by atoms with van der Waals surface area (Å²) in [6.07, 6.45) is 3.22. The van der Waals surface area contributed by atoms with Crippen molar-refractivity contribution in [2.75, 3.05) is 6.61 Å². The number of hydrogen-bond donors (Lipinski definition) is 0. The van der Waals surface area contributed by atoms with E-state index in [-0.39, 0.29) is 23.8 Å². The molecule has 2 fully saturated rings. The maximum Gasteiger partial charge on any atom is 0.268 e. The lowest BCUT2D eigenvalue weighted by molar-refractivity contribution is 0.0509. The van der Waals surface area contributed by atoms with E-state index in [0.29, 0.717) is 28.8 Å². The Hall–Kier alpha value is -2.02. The van der Waals surface area contributed by atoms with Crippen LogP contribution in [0.15, 0.2) is 24.3 Å². The molecule has 7 heteroatoms. The van der Waals surface area contributed by atoms with Gasteiger partial charge in [0, 0.05) is 6.04 Å². The minimum Gasteiger partial charge on any atom is -0.491 e. The highest BCUT2D eigenvalue weighted by molar-refractivity contribution is 7.07. The molecule has 1 saturated heterocycles. The summed E-state index contributed by atoms with van der Waals surface area (Å²) < 4.78 is 22.7. The summed E-state index contributed by atoms with van der Waals surface area (Å²) in [5.74, 6) is 0.831. The molecule has 4 rings (SSSR count). The number of fused-ring (bicyclic) bond motifs is 2. The SMILES string of the molecule is Cc1nnsc1C(=O)N1[C@H]2CC[C@H](C2)[C@H]1COc1ccc(F)cc1. The number of ether oxygens (including phenoxy) is 1. The van der Waals surface area contributed by atoms with E-state index in [2.05, 4.69) is 9.59 Å². The van der Waals surface area contributed by atoms with Crippen molar-refractivity contribution >= 4 is 17.4 Å². The lowest BCUT2D eigenvalue weighted by Gasteiger charge is -2.34. The first-order valence-electron chi connectivity index (χ1n) is 8.13. The smallest absolute Gasteiger partial charge is 0.268 e. The number of carbonyl (C=O) groups excluding carboxylic acids is 1. The number of aromatic nitrogens is 2. The molecule has 2 aliphatic rings. The molecule has 0 unspecified atom stereocenters. The van der Waals surface area contributed by atoms with Crippen LogP contribution in [-0.4, -0.2) is 39.1 Å². The Morgan fingerprint density at radius 1 is 1.38 bits per heavy atom. The van der Waals surface area contributed by atoms with Gasteiger partial charge in [-0.1, -0.05) is 4.49 Å². The molecule has 3 atom stereocenters. The number of halogens is 1. The molecular formula is C17H18FN3O2S. The summed E-state index contributed by atoms with van der Waals surface area (Å²) in [5, 5.41) is 3.95. The Morgan fingerprint density at radius 2 is 2.17 bits per heavy atom. The van der Waals surface area contributed by atoms with E-state index >= 15 is 0 Å². The number of benzene rings is 1. The fraction of sp³-hybridized carbons (Fsp3) is 0.471. The zero-order valence-corrected chi connectivity index (χ0v) is 14.1. The quantitative estimate of drug-likeness (QED) is 0.853. The van der Waals surface area contributed by atoms with Crippen LogP contribution >= 0.6 is 11.5 Å². The number of nitrogens with zero attached hydrogens (tertiary/aromatic N) is 3. The Kier molecular flexibility index (Phi) is 3.96. The van der Waals surface area contributed by atoms with Crippen LogP contribution in [0.2, 0.25) is 0 Å². The summed E-state index contributed by atoms with van der Waals surface area (Å²) in [4.78, 5) is 15.5. The largest absolute Gasteiger partial charge is 0.491 e. The van der Waals surface area contributed by atoms with Gasteiger partial charge >= 0.3 is 0 Å². The molecule has 1 aliphatic carbocycles. The van der Waals surface area contributed by atoms with Crippen molar-refractivity contribution in [2.24, 2.45) is 5.92 Å². The number of piperidine rings is 1. The number of aryl methyl sites for hydroxylation is 1. The summed E-state index contributed by atoms with van der Waals surface area (Å²) >= 11 is 1.16. The Morgan fingerprint density at radius 3 is 2.88 bits per heavy atom. The van der Waals surface area contributed by atoms with Crippen molar-refractivity contribution in [1.82, 2.24) is 14.5 Å². The second-order valence-electron chi connectivity index (χ2n) is 6.46. The van der Waals surface area contributed by atoms with Gasteiger partial charge in [-0.05, 0) is 67.9 Å². The molecule has 0 spiro atoms. The van der Waals surface area contributed by atoms with Gasteiger partial charge in [0.25, 0.3) is 5.91 Å². The zero-order valence-electron chi connectivity index (χ0n) is 13.3. The molecule has 1 saturated carbocycles. The number of likely N-dealkylation sites (tertiary alicyclic amines) is 1. The topological polar surface area (TPSA) is 55.3 Å². The molecule has 1 aromatic heterocycles. The molecule has 5 nitrogen and oxygen atoms in total. The lowest BCUT2D eigenvalue weighted by atomic mass is 9.99. The fourth-order valence-corrected chi connectivity index (χ4v) is 4.48. The van der Waals surface area contributed by atoms with Crippen molar-refractivity contribution in [1.29, 1.82) is 0 Å². The summed E-state index contributed by atoms with van der Waals surface area (Å²) in [5.41, 5.74) is 0.686. The minimum atomic E-state index is -0.285. The number of hydrogen-bond acceptors (Lipinski definition) is 5. The molecule has 1 aliphatic heterocycles. The molecule has 2 heterocycles. The van der Waals surface area contributed by atoms with Crippen LogP contribution in [-0.2, 0) is 0 Å². The highest BCUT2D eigenvalue weighted by Gasteiger charge is 2.49. The van der Waals surface area contributed by atoms with Crippen LogP contribution in [0.4, 0.5) is 4.39 Å². The minimum absolute atomic E-state index is 0.0161. The average Bonchev–Trinajstić information content (AvgIpc) is 3.29. The van der Waals surface area contributed by atoms with Gasteiger partial charge in [-0.2, -0.15) is 0 Å². The third kappa shape index (κ3) is 2.66. The highest BCUT2D eigenvalue weighted by Crippen LogP contribution is 2.43. The maximum absolute atomic E-state index is 13.0. The van der Waals surface area contributed by atoms with Gasteiger partial charge in [0.1, 0.15) is 23.1 Å². The van der Waals surface area contributed by atoms with Crippen LogP contribution in [0, 0.1) is 18.7 Å². The zero-order chi connectivity index (χ0) is 16.7. The van der Waals surface area contributed by atoms with Crippen molar-refractivity contribution < 1.29 is 13.9 Å². The van der Waals surface area contributed by atoms with Crippen molar-refractivity contribution in [3.63, 3.8) is 0 Å². The van der Waals surface area contributed by atoms with Crippen LogP contribution in [0.25, 0.3) is 0 Å². The van der Waals surface area contributed by atoms with E-state index in [1.54, 1.807) is 12.1 Å². The third-order valence-electron chi connectivity index (χ3n) is 5.06. The Labute approximate surface area is 143 Å². The molecule has 24 heavy (non-hydrogen) atoms. The lowest BCUT2D eigenvalue weighted by Crippen LogP contribution is -2.47. The van der Waals surface area contributed by atoms with Gasteiger partial charge in [0.05, 0.1) is 11.7 Å². The first-order chi connectivity index (χ1) is 11.6. The number of carbonyl (C=O) groups is 1. The first kappa shape index (κ1) is 15.5. The van der Waals surface area contributed by atoms with Gasteiger partial charge in [0.2, 0.25) is 0 Å². The number of rotatable bonds is 4. The van der Waals surface area contributed by atoms with Gasteiger partial charge in [-0.25, -0.2) is 4.39 Å². The van der Waals surface area contributed by atoms with Gasteiger partial charge < -0.3 is 9.64 Å². The summed E-state index contributed by atoms with van der Waals surface area (Å²) in [6, 6.07) is 6.34. The van der Waals surface area contributed by atoms with Gasteiger partial charge in [-0.3, -0.25) is 4.79 Å². The third-order valence-corrected chi connectivity index (χ3v) is 5.87. The standard InChI is InChI=1S/C17H18FN3O2S/c1-10-16(24-20-19-10)17(22)21-13-5-2-11(8-13)15(21)9-23-14-6-3-12(18)4-7-14/h3-4,6-7,11,13,15H,2,5,8-9H2,1H3/t11-,13+,15-/m1/s1. The van der Waals surface area contributed by atoms with Crippen LogP contribution in [0.3, 0.4) is 0 Å². The molecule has 0 N–H and O–H groups in total. The van der Waals surface area contributed by atoms with Crippen LogP contribution < -0.4 is 4.74 Å². The second-order valence-corrected chi connectivity index (χ2v) is 7.21.